The van der Waals surface area contributed by atoms with Crippen LogP contribution in [0.1, 0.15) is 33.1 Å². The van der Waals surface area contributed by atoms with E-state index in [0.717, 1.165) is 0 Å². The van der Waals surface area contributed by atoms with Crippen molar-refractivity contribution in [1.29, 1.82) is 0 Å². The van der Waals surface area contributed by atoms with Crippen molar-refractivity contribution in [1.82, 2.24) is 16.0 Å². The summed E-state index contributed by atoms with van der Waals surface area (Å²) in [5.41, 5.74) is 0. The van der Waals surface area contributed by atoms with E-state index in [9.17, 15) is 9.90 Å². The van der Waals surface area contributed by atoms with Gasteiger partial charge in [-0.1, -0.05) is 6.42 Å². The van der Waals surface area contributed by atoms with Crippen LogP contribution in [-0.2, 0) is 4.74 Å². The first-order valence-electron chi connectivity index (χ1n) is 7.16. The van der Waals surface area contributed by atoms with E-state index in [0.29, 0.717) is 19.2 Å². The fourth-order valence-corrected chi connectivity index (χ4v) is 2.39. The summed E-state index contributed by atoms with van der Waals surface area (Å²) in [6, 6.07) is 0.396. The highest BCUT2D eigenvalue weighted by Gasteiger charge is 2.37. The topological polar surface area (TPSA) is 82.6 Å². The van der Waals surface area contributed by atoms with Crippen LogP contribution in [0.5, 0.6) is 0 Å². The molecule has 1 aliphatic carbocycles. The Morgan fingerprint density at radius 3 is 2.74 bits per heavy atom. The molecule has 0 spiro atoms. The quantitative estimate of drug-likeness (QED) is 0.566. The number of amides is 2. The number of aliphatic hydroxyl groups excluding tert-OH is 1. The lowest BCUT2D eigenvalue weighted by Crippen LogP contribution is -2.50. The van der Waals surface area contributed by atoms with Crippen LogP contribution in [0.25, 0.3) is 0 Å². The standard InChI is InChI=1S/C13H25N3O3/c1-8(2)15-13(18)14-6-11-12(17)10(7-19-11)16-9-4-3-5-9/h8-12,16-17H,3-7H2,1-2H3,(H2,14,15,18)/t10-,11-,12+/m1/s1. The number of urea groups is 1. The van der Waals surface area contributed by atoms with E-state index in [1.54, 1.807) is 0 Å². The monoisotopic (exact) mass is 271 g/mol. The summed E-state index contributed by atoms with van der Waals surface area (Å²) in [5.74, 6) is 0. The van der Waals surface area contributed by atoms with Gasteiger partial charge in [-0.3, -0.25) is 0 Å². The van der Waals surface area contributed by atoms with Gasteiger partial charge in [-0.2, -0.15) is 0 Å². The summed E-state index contributed by atoms with van der Waals surface area (Å²) < 4.78 is 5.55. The van der Waals surface area contributed by atoms with E-state index in [-0.39, 0.29) is 24.2 Å². The van der Waals surface area contributed by atoms with Crippen molar-refractivity contribution in [2.75, 3.05) is 13.2 Å². The molecule has 110 valence electrons. The molecule has 0 aromatic heterocycles. The van der Waals surface area contributed by atoms with Crippen molar-refractivity contribution >= 4 is 6.03 Å². The van der Waals surface area contributed by atoms with E-state index in [4.69, 9.17) is 4.74 Å². The third-order valence-electron chi connectivity index (χ3n) is 3.72. The largest absolute Gasteiger partial charge is 0.389 e. The molecule has 2 rings (SSSR count). The Morgan fingerprint density at radius 1 is 1.42 bits per heavy atom. The van der Waals surface area contributed by atoms with Gasteiger partial charge in [-0.15, -0.1) is 0 Å². The summed E-state index contributed by atoms with van der Waals surface area (Å²) >= 11 is 0. The Balaban J connectivity index is 1.68. The second kappa shape index (κ2) is 6.54. The number of carbonyl (C=O) groups excluding carboxylic acids is 1. The Labute approximate surface area is 114 Å². The zero-order valence-corrected chi connectivity index (χ0v) is 11.7. The molecule has 2 amide bonds. The maximum Gasteiger partial charge on any atom is 0.315 e. The first-order chi connectivity index (χ1) is 9.06. The number of rotatable bonds is 5. The zero-order valence-electron chi connectivity index (χ0n) is 11.7. The van der Waals surface area contributed by atoms with E-state index >= 15 is 0 Å². The van der Waals surface area contributed by atoms with Gasteiger partial charge in [0.2, 0.25) is 0 Å². The smallest absolute Gasteiger partial charge is 0.315 e. The van der Waals surface area contributed by atoms with Gasteiger partial charge < -0.3 is 25.8 Å². The number of aliphatic hydroxyl groups is 1. The molecular weight excluding hydrogens is 246 g/mol. The molecule has 0 aromatic rings. The van der Waals surface area contributed by atoms with E-state index < -0.39 is 6.10 Å². The minimum Gasteiger partial charge on any atom is -0.389 e. The minimum absolute atomic E-state index is 0.00902. The van der Waals surface area contributed by atoms with Crippen LogP contribution in [0.4, 0.5) is 4.79 Å². The zero-order chi connectivity index (χ0) is 13.8. The summed E-state index contributed by atoms with van der Waals surface area (Å²) in [4.78, 5) is 11.5. The molecular formula is C13H25N3O3. The molecule has 6 heteroatoms. The van der Waals surface area contributed by atoms with E-state index in [2.05, 4.69) is 16.0 Å². The minimum atomic E-state index is -0.556. The molecule has 3 atom stereocenters. The van der Waals surface area contributed by atoms with Crippen LogP contribution in [-0.4, -0.2) is 54.6 Å². The van der Waals surface area contributed by atoms with Crippen LogP contribution in [0.15, 0.2) is 0 Å². The summed E-state index contributed by atoms with van der Waals surface area (Å²) in [6.07, 6.45) is 2.75. The molecule has 19 heavy (non-hydrogen) atoms. The van der Waals surface area contributed by atoms with Gasteiger partial charge in [-0.25, -0.2) is 4.79 Å². The lowest BCUT2D eigenvalue weighted by molar-refractivity contribution is 0.0418. The van der Waals surface area contributed by atoms with Gasteiger partial charge in [0.1, 0.15) is 6.10 Å². The average molecular weight is 271 g/mol. The molecule has 0 bridgehead atoms. The molecule has 0 radical (unpaired) electrons. The fraction of sp³-hybridized carbons (Fsp3) is 0.923. The second-order valence-corrected chi connectivity index (χ2v) is 5.77. The third kappa shape index (κ3) is 4.06. The molecule has 4 N–H and O–H groups in total. The number of carbonyl (C=O) groups is 1. The lowest BCUT2D eigenvalue weighted by Gasteiger charge is -2.30. The predicted molar refractivity (Wildman–Crippen MR) is 72.0 cm³/mol. The normalized spacial score (nSPS) is 31.3. The van der Waals surface area contributed by atoms with Crippen molar-refractivity contribution in [2.24, 2.45) is 0 Å². The Kier molecular flexibility index (Phi) is 5.01. The van der Waals surface area contributed by atoms with Crippen molar-refractivity contribution in [3.63, 3.8) is 0 Å². The molecule has 1 heterocycles. The van der Waals surface area contributed by atoms with Gasteiger partial charge in [0.25, 0.3) is 0 Å². The molecule has 2 fully saturated rings. The number of hydrogen-bond acceptors (Lipinski definition) is 4. The van der Waals surface area contributed by atoms with Crippen molar-refractivity contribution in [3.8, 4) is 0 Å². The number of nitrogens with one attached hydrogen (secondary N) is 3. The summed E-state index contributed by atoms with van der Waals surface area (Å²) in [5, 5.41) is 19.0. The number of ether oxygens (including phenoxy) is 1. The predicted octanol–water partition coefficient (Wildman–Crippen LogP) is -0.0356. The third-order valence-corrected chi connectivity index (χ3v) is 3.72. The summed E-state index contributed by atoms with van der Waals surface area (Å²) in [6.45, 7) is 4.65. The Morgan fingerprint density at radius 2 is 2.16 bits per heavy atom. The molecule has 2 aliphatic rings. The van der Waals surface area contributed by atoms with Gasteiger partial charge in [0, 0.05) is 18.6 Å². The lowest BCUT2D eigenvalue weighted by atomic mass is 9.92. The maximum absolute atomic E-state index is 11.5. The second-order valence-electron chi connectivity index (χ2n) is 5.77. The van der Waals surface area contributed by atoms with Crippen molar-refractivity contribution in [3.05, 3.63) is 0 Å². The molecule has 0 aromatic carbocycles. The number of hydrogen-bond donors (Lipinski definition) is 4. The Hall–Kier alpha value is -0.850. The highest BCUT2D eigenvalue weighted by Crippen LogP contribution is 2.22. The van der Waals surface area contributed by atoms with Crippen LogP contribution >= 0.6 is 0 Å². The highest BCUT2D eigenvalue weighted by atomic mass is 16.5. The SMILES string of the molecule is CC(C)NC(=O)NC[C@H]1OC[C@@H](NC2CCC2)[C@@H]1O. The van der Waals surface area contributed by atoms with Crippen molar-refractivity contribution in [2.45, 2.75) is 63.4 Å². The highest BCUT2D eigenvalue weighted by molar-refractivity contribution is 5.74. The molecule has 1 aliphatic heterocycles. The van der Waals surface area contributed by atoms with Gasteiger partial charge in [0.05, 0.1) is 18.8 Å². The van der Waals surface area contributed by atoms with Gasteiger partial charge in [-0.05, 0) is 26.7 Å². The molecule has 1 saturated carbocycles. The summed E-state index contributed by atoms with van der Waals surface area (Å²) in [7, 11) is 0. The molecule has 1 saturated heterocycles. The maximum atomic E-state index is 11.5. The van der Waals surface area contributed by atoms with Crippen LogP contribution in [0, 0.1) is 0 Å². The Bertz CT molecular complexity index is 308. The van der Waals surface area contributed by atoms with Gasteiger partial charge >= 0.3 is 6.03 Å². The van der Waals surface area contributed by atoms with Crippen LogP contribution < -0.4 is 16.0 Å². The van der Waals surface area contributed by atoms with E-state index in [1.807, 2.05) is 13.8 Å². The molecule has 6 nitrogen and oxygen atoms in total. The molecule has 0 unspecified atom stereocenters. The van der Waals surface area contributed by atoms with Crippen molar-refractivity contribution < 1.29 is 14.6 Å². The first kappa shape index (κ1) is 14.6. The first-order valence-corrected chi connectivity index (χ1v) is 7.16. The fourth-order valence-electron chi connectivity index (χ4n) is 2.39. The van der Waals surface area contributed by atoms with Gasteiger partial charge in [0.15, 0.2) is 0 Å². The average Bonchev–Trinajstić information content (AvgIpc) is 2.61. The van der Waals surface area contributed by atoms with Crippen LogP contribution in [0.3, 0.4) is 0 Å². The van der Waals surface area contributed by atoms with E-state index in [1.165, 1.54) is 19.3 Å². The van der Waals surface area contributed by atoms with Crippen LogP contribution in [0.2, 0.25) is 0 Å².